The summed E-state index contributed by atoms with van der Waals surface area (Å²) in [6.45, 7) is 4.45. The Balaban J connectivity index is 2.18. The number of aryl methyl sites for hydroxylation is 1. The van der Waals surface area contributed by atoms with Gasteiger partial charge in [-0.3, -0.25) is 0 Å². The van der Waals surface area contributed by atoms with E-state index in [2.05, 4.69) is 15.0 Å². The Kier molecular flexibility index (Phi) is 3.13. The summed E-state index contributed by atoms with van der Waals surface area (Å²) in [6, 6.07) is 1.66. The van der Waals surface area contributed by atoms with Crippen LogP contribution in [0.5, 0.6) is 0 Å². The Morgan fingerprint density at radius 3 is 2.74 bits per heavy atom. The van der Waals surface area contributed by atoms with Crippen LogP contribution in [-0.4, -0.2) is 58.1 Å². The van der Waals surface area contributed by atoms with Crippen LogP contribution < -0.4 is 10.4 Å². The maximum Gasteiger partial charge on any atom is 0.490 e. The van der Waals surface area contributed by atoms with E-state index in [4.69, 9.17) is 4.74 Å². The maximum atomic E-state index is 9.54. The molecule has 1 fully saturated rings. The summed E-state index contributed by atoms with van der Waals surface area (Å²) in [5.74, 6) is 0.652. The fourth-order valence-corrected chi connectivity index (χ4v) is 2.37. The molecule has 100 valence electrons. The Hall–Kier alpha value is -1.64. The number of hydrogen-bond donors (Lipinski definition) is 2. The van der Waals surface area contributed by atoms with Gasteiger partial charge in [0.15, 0.2) is 5.65 Å². The van der Waals surface area contributed by atoms with E-state index >= 15 is 0 Å². The lowest BCUT2D eigenvalue weighted by Gasteiger charge is -2.30. The minimum absolute atomic E-state index is 0.446. The van der Waals surface area contributed by atoms with Gasteiger partial charge in [-0.05, 0) is 13.0 Å². The minimum atomic E-state index is -1.53. The van der Waals surface area contributed by atoms with E-state index in [1.54, 1.807) is 16.8 Å². The standard InChI is InChI=1S/C11H15BN4O3/c1-8-13-11-10(15-4-6-19-7-5-15)9(12(17)18)2-3-16(11)14-8/h2-3,17-18H,4-7H2,1H3. The summed E-state index contributed by atoms with van der Waals surface area (Å²) in [5, 5.41) is 23.3. The van der Waals surface area contributed by atoms with Crippen molar-refractivity contribution in [3.05, 3.63) is 18.1 Å². The zero-order valence-electron chi connectivity index (χ0n) is 10.7. The average Bonchev–Trinajstić information content (AvgIpc) is 2.78. The number of fused-ring (bicyclic) bond motifs is 1. The Morgan fingerprint density at radius 2 is 2.05 bits per heavy atom. The van der Waals surface area contributed by atoms with Gasteiger partial charge >= 0.3 is 7.12 Å². The highest BCUT2D eigenvalue weighted by Gasteiger charge is 2.25. The van der Waals surface area contributed by atoms with E-state index in [-0.39, 0.29) is 0 Å². The molecule has 7 nitrogen and oxygen atoms in total. The van der Waals surface area contributed by atoms with Crippen molar-refractivity contribution in [1.29, 1.82) is 0 Å². The van der Waals surface area contributed by atoms with Crippen molar-refractivity contribution in [2.24, 2.45) is 0 Å². The van der Waals surface area contributed by atoms with E-state index in [1.165, 1.54) is 0 Å². The molecule has 0 unspecified atom stereocenters. The van der Waals surface area contributed by atoms with Gasteiger partial charge in [0.05, 0.1) is 18.9 Å². The third kappa shape index (κ3) is 2.18. The van der Waals surface area contributed by atoms with Crippen molar-refractivity contribution >= 4 is 23.9 Å². The molecule has 3 heterocycles. The lowest BCUT2D eigenvalue weighted by atomic mass is 9.79. The van der Waals surface area contributed by atoms with Crippen molar-refractivity contribution in [3.63, 3.8) is 0 Å². The molecule has 0 spiro atoms. The maximum absolute atomic E-state index is 9.54. The molecule has 0 amide bonds. The van der Waals surface area contributed by atoms with Crippen LogP contribution in [0.4, 0.5) is 5.69 Å². The number of morpholine rings is 1. The van der Waals surface area contributed by atoms with Gasteiger partial charge in [0, 0.05) is 24.7 Å². The summed E-state index contributed by atoms with van der Waals surface area (Å²) < 4.78 is 6.99. The molecule has 19 heavy (non-hydrogen) atoms. The first-order chi connectivity index (χ1) is 9.16. The highest BCUT2D eigenvalue weighted by atomic mass is 16.5. The fraction of sp³-hybridized carbons (Fsp3) is 0.455. The van der Waals surface area contributed by atoms with Crippen molar-refractivity contribution in [1.82, 2.24) is 14.6 Å². The zero-order chi connectivity index (χ0) is 13.4. The molecule has 3 rings (SSSR count). The fourth-order valence-electron chi connectivity index (χ4n) is 2.37. The molecular weight excluding hydrogens is 247 g/mol. The molecule has 0 atom stereocenters. The van der Waals surface area contributed by atoms with Gasteiger partial charge in [0.2, 0.25) is 0 Å². The summed E-state index contributed by atoms with van der Waals surface area (Å²) in [4.78, 5) is 6.44. The second kappa shape index (κ2) is 4.80. The monoisotopic (exact) mass is 262 g/mol. The van der Waals surface area contributed by atoms with Crippen LogP contribution in [0.3, 0.4) is 0 Å². The number of nitrogens with zero attached hydrogens (tertiary/aromatic N) is 4. The largest absolute Gasteiger partial charge is 0.490 e. The highest BCUT2D eigenvalue weighted by molar-refractivity contribution is 6.61. The van der Waals surface area contributed by atoms with Gasteiger partial charge in [-0.1, -0.05) is 0 Å². The van der Waals surface area contributed by atoms with Crippen LogP contribution in [0.25, 0.3) is 5.65 Å². The topological polar surface area (TPSA) is 83.1 Å². The number of aromatic nitrogens is 3. The van der Waals surface area contributed by atoms with Gasteiger partial charge in [0.25, 0.3) is 0 Å². The molecule has 1 saturated heterocycles. The molecule has 1 aliphatic rings. The second-order valence-corrected chi connectivity index (χ2v) is 4.52. The van der Waals surface area contributed by atoms with Gasteiger partial charge in [0.1, 0.15) is 5.82 Å². The van der Waals surface area contributed by atoms with Crippen LogP contribution in [0.15, 0.2) is 12.3 Å². The molecule has 0 aromatic carbocycles. The first kappa shape index (κ1) is 12.4. The molecule has 2 N–H and O–H groups in total. The van der Waals surface area contributed by atoms with Crippen LogP contribution >= 0.6 is 0 Å². The average molecular weight is 262 g/mol. The molecule has 0 bridgehead atoms. The van der Waals surface area contributed by atoms with E-state index in [9.17, 15) is 10.0 Å². The Labute approximate surface area is 110 Å². The van der Waals surface area contributed by atoms with Crippen molar-refractivity contribution in [3.8, 4) is 0 Å². The lowest BCUT2D eigenvalue weighted by Crippen LogP contribution is -2.43. The molecule has 8 heteroatoms. The lowest BCUT2D eigenvalue weighted by molar-refractivity contribution is 0.123. The number of ether oxygens (including phenoxy) is 1. The van der Waals surface area contributed by atoms with Crippen LogP contribution in [-0.2, 0) is 4.74 Å². The summed E-state index contributed by atoms with van der Waals surface area (Å²) in [5.41, 5.74) is 1.81. The first-order valence-corrected chi connectivity index (χ1v) is 6.21. The van der Waals surface area contributed by atoms with E-state index in [0.29, 0.717) is 43.2 Å². The third-order valence-electron chi connectivity index (χ3n) is 3.22. The molecule has 2 aromatic heterocycles. The van der Waals surface area contributed by atoms with Gasteiger partial charge < -0.3 is 19.7 Å². The Morgan fingerprint density at radius 1 is 1.32 bits per heavy atom. The smallest absolute Gasteiger partial charge is 0.423 e. The van der Waals surface area contributed by atoms with Crippen LogP contribution in [0.2, 0.25) is 0 Å². The molecular formula is C11H15BN4O3. The van der Waals surface area contributed by atoms with E-state index in [0.717, 1.165) is 5.69 Å². The molecule has 0 aliphatic carbocycles. The first-order valence-electron chi connectivity index (χ1n) is 6.21. The third-order valence-corrected chi connectivity index (χ3v) is 3.22. The van der Waals surface area contributed by atoms with Gasteiger partial charge in [-0.25, -0.2) is 9.50 Å². The van der Waals surface area contributed by atoms with Gasteiger partial charge in [-0.2, -0.15) is 5.10 Å². The number of rotatable bonds is 2. The SMILES string of the molecule is Cc1nc2c(N3CCOCC3)c(B(O)O)ccn2n1. The second-order valence-electron chi connectivity index (χ2n) is 4.52. The summed E-state index contributed by atoms with van der Waals surface area (Å²) in [6.07, 6.45) is 1.69. The number of anilines is 1. The number of pyridine rings is 1. The predicted octanol–water partition coefficient (Wildman–Crippen LogP) is -1.45. The zero-order valence-corrected chi connectivity index (χ0v) is 10.7. The summed E-state index contributed by atoms with van der Waals surface area (Å²) >= 11 is 0. The van der Waals surface area contributed by atoms with Crippen molar-refractivity contribution in [2.45, 2.75) is 6.92 Å². The molecule has 0 saturated carbocycles. The van der Waals surface area contributed by atoms with Crippen molar-refractivity contribution < 1.29 is 14.8 Å². The molecule has 0 radical (unpaired) electrons. The highest BCUT2D eigenvalue weighted by Crippen LogP contribution is 2.19. The molecule has 1 aliphatic heterocycles. The Bertz CT molecular complexity index is 595. The van der Waals surface area contributed by atoms with Crippen LogP contribution in [0.1, 0.15) is 5.82 Å². The minimum Gasteiger partial charge on any atom is -0.423 e. The van der Waals surface area contributed by atoms with Crippen LogP contribution in [0, 0.1) is 6.92 Å². The van der Waals surface area contributed by atoms with Gasteiger partial charge in [-0.15, -0.1) is 0 Å². The number of hydrogen-bond acceptors (Lipinski definition) is 6. The predicted molar refractivity (Wildman–Crippen MR) is 70.6 cm³/mol. The van der Waals surface area contributed by atoms with E-state index in [1.807, 2.05) is 6.92 Å². The molecule has 2 aromatic rings. The van der Waals surface area contributed by atoms with E-state index < -0.39 is 7.12 Å². The van der Waals surface area contributed by atoms with Crippen molar-refractivity contribution in [2.75, 3.05) is 31.2 Å². The quantitative estimate of drug-likeness (QED) is 0.644. The normalized spacial score (nSPS) is 16.1. The summed E-state index contributed by atoms with van der Waals surface area (Å²) in [7, 11) is -1.53.